The average molecular weight is 270 g/mol. The molecular formula is C18H24NO+. The molecule has 1 fully saturated rings. The number of piperidine rings is 1. The van der Waals surface area contributed by atoms with Gasteiger partial charge in [0.25, 0.3) is 0 Å². The van der Waals surface area contributed by atoms with Gasteiger partial charge in [0.05, 0.1) is 19.7 Å². The highest BCUT2D eigenvalue weighted by Crippen LogP contribution is 2.00. The van der Waals surface area contributed by atoms with Crippen molar-refractivity contribution in [3.8, 4) is 11.8 Å². The first-order valence-corrected chi connectivity index (χ1v) is 7.54. The Labute approximate surface area is 122 Å². The first kappa shape index (κ1) is 14.8. The highest BCUT2D eigenvalue weighted by atomic mass is 16.5. The number of quaternary nitrogens is 1. The van der Waals surface area contributed by atoms with Crippen LogP contribution in [0.1, 0.15) is 24.8 Å². The van der Waals surface area contributed by atoms with Crippen LogP contribution in [-0.4, -0.2) is 32.8 Å². The summed E-state index contributed by atoms with van der Waals surface area (Å²) in [6, 6.07) is 10.3. The summed E-state index contributed by atoms with van der Waals surface area (Å²) in [6.45, 7) is 4.71. The van der Waals surface area contributed by atoms with Crippen LogP contribution in [0, 0.1) is 11.8 Å². The number of nitrogens with one attached hydrogen (secondary N) is 1. The molecule has 2 nitrogen and oxygen atoms in total. The van der Waals surface area contributed by atoms with Gasteiger partial charge in [-0.1, -0.05) is 48.4 Å². The third-order valence-corrected chi connectivity index (χ3v) is 3.52. The molecule has 2 heteroatoms. The summed E-state index contributed by atoms with van der Waals surface area (Å²) in [5.41, 5.74) is 1.20. The third-order valence-electron chi connectivity index (χ3n) is 3.52. The fraction of sp³-hybridized carbons (Fsp3) is 0.444. The summed E-state index contributed by atoms with van der Waals surface area (Å²) in [4.78, 5) is 1.63. The second-order valence-corrected chi connectivity index (χ2v) is 5.17. The molecule has 1 aliphatic heterocycles. The minimum Gasteiger partial charge on any atom is -0.365 e. The van der Waals surface area contributed by atoms with Crippen molar-refractivity contribution in [3.05, 3.63) is 42.0 Å². The number of ether oxygens (including phenoxy) is 1. The number of hydrogen-bond acceptors (Lipinski definition) is 1. The lowest BCUT2D eigenvalue weighted by Crippen LogP contribution is -3.12. The van der Waals surface area contributed by atoms with Crippen LogP contribution in [0.2, 0.25) is 0 Å². The maximum atomic E-state index is 5.48. The standard InChI is InChI=1S/C18H23NO/c1-3-10-18(11-4-1)12-9-17-20-16-8-7-15-19-13-5-2-6-14-19/h1,3-4,9-12H,2,5-6,13-17H2/p+1/b12-9+. The number of rotatable bonds is 5. The molecule has 0 aliphatic carbocycles. The van der Waals surface area contributed by atoms with Crippen molar-refractivity contribution in [2.24, 2.45) is 0 Å². The zero-order chi connectivity index (χ0) is 13.9. The van der Waals surface area contributed by atoms with E-state index in [1.807, 2.05) is 24.3 Å². The summed E-state index contributed by atoms with van der Waals surface area (Å²) in [5.74, 6) is 6.33. The Hall–Kier alpha value is -1.56. The molecule has 1 aromatic rings. The summed E-state index contributed by atoms with van der Waals surface area (Å²) in [6.07, 6.45) is 8.22. The first-order chi connectivity index (χ1) is 9.95. The lowest BCUT2D eigenvalue weighted by atomic mass is 10.1. The van der Waals surface area contributed by atoms with Crippen molar-refractivity contribution in [2.75, 3.05) is 32.8 Å². The van der Waals surface area contributed by atoms with E-state index in [4.69, 9.17) is 4.74 Å². The van der Waals surface area contributed by atoms with Crippen LogP contribution < -0.4 is 4.90 Å². The summed E-state index contributed by atoms with van der Waals surface area (Å²) in [7, 11) is 0. The van der Waals surface area contributed by atoms with Crippen LogP contribution >= 0.6 is 0 Å². The van der Waals surface area contributed by atoms with E-state index in [0.29, 0.717) is 13.2 Å². The maximum Gasteiger partial charge on any atom is 0.139 e. The summed E-state index contributed by atoms with van der Waals surface area (Å²) in [5, 5.41) is 0. The molecule has 0 unspecified atom stereocenters. The van der Waals surface area contributed by atoms with Crippen molar-refractivity contribution in [2.45, 2.75) is 19.3 Å². The predicted molar refractivity (Wildman–Crippen MR) is 83.5 cm³/mol. The van der Waals surface area contributed by atoms with Gasteiger partial charge in [-0.2, -0.15) is 0 Å². The average Bonchev–Trinajstić information content (AvgIpc) is 2.52. The molecule has 0 saturated carbocycles. The topological polar surface area (TPSA) is 13.7 Å². The van der Waals surface area contributed by atoms with E-state index < -0.39 is 0 Å². The zero-order valence-corrected chi connectivity index (χ0v) is 12.1. The summed E-state index contributed by atoms with van der Waals surface area (Å²) >= 11 is 0. The lowest BCUT2D eigenvalue weighted by molar-refractivity contribution is -0.897. The predicted octanol–water partition coefficient (Wildman–Crippen LogP) is 1.79. The molecule has 1 aromatic carbocycles. The van der Waals surface area contributed by atoms with Gasteiger partial charge in [-0.25, -0.2) is 0 Å². The molecule has 0 radical (unpaired) electrons. The van der Waals surface area contributed by atoms with Crippen LogP contribution in [0.3, 0.4) is 0 Å². The van der Waals surface area contributed by atoms with Crippen LogP contribution in [0.15, 0.2) is 36.4 Å². The fourth-order valence-electron chi connectivity index (χ4n) is 2.39. The quantitative estimate of drug-likeness (QED) is 0.636. The molecule has 0 aromatic heterocycles. The van der Waals surface area contributed by atoms with Crippen molar-refractivity contribution >= 4 is 6.08 Å². The van der Waals surface area contributed by atoms with Gasteiger partial charge in [0.15, 0.2) is 0 Å². The van der Waals surface area contributed by atoms with E-state index in [1.165, 1.54) is 37.9 Å². The van der Waals surface area contributed by atoms with Gasteiger partial charge in [0.2, 0.25) is 0 Å². The molecule has 1 N–H and O–H groups in total. The first-order valence-electron chi connectivity index (χ1n) is 7.54. The zero-order valence-electron chi connectivity index (χ0n) is 12.1. The van der Waals surface area contributed by atoms with E-state index in [1.54, 1.807) is 4.90 Å². The van der Waals surface area contributed by atoms with Gasteiger partial charge in [-0.15, -0.1) is 0 Å². The minimum atomic E-state index is 0.534. The summed E-state index contributed by atoms with van der Waals surface area (Å²) < 4.78 is 5.48. The van der Waals surface area contributed by atoms with Crippen molar-refractivity contribution < 1.29 is 9.64 Å². The van der Waals surface area contributed by atoms with E-state index in [2.05, 4.69) is 30.0 Å². The Morgan fingerprint density at radius 2 is 1.85 bits per heavy atom. The van der Waals surface area contributed by atoms with Crippen molar-refractivity contribution in [1.29, 1.82) is 0 Å². The number of hydrogen-bond donors (Lipinski definition) is 1. The second kappa shape index (κ2) is 9.36. The van der Waals surface area contributed by atoms with Crippen LogP contribution in [0.5, 0.6) is 0 Å². The van der Waals surface area contributed by atoms with E-state index >= 15 is 0 Å². The molecule has 1 aliphatic rings. The largest absolute Gasteiger partial charge is 0.365 e. The minimum absolute atomic E-state index is 0.534. The molecule has 0 amide bonds. The Morgan fingerprint density at radius 3 is 2.65 bits per heavy atom. The van der Waals surface area contributed by atoms with Crippen LogP contribution in [0.4, 0.5) is 0 Å². The van der Waals surface area contributed by atoms with Gasteiger partial charge < -0.3 is 9.64 Å². The van der Waals surface area contributed by atoms with Crippen LogP contribution in [0.25, 0.3) is 6.08 Å². The fourth-order valence-corrected chi connectivity index (χ4v) is 2.39. The monoisotopic (exact) mass is 270 g/mol. The molecule has 2 rings (SSSR count). The van der Waals surface area contributed by atoms with Gasteiger partial charge >= 0.3 is 0 Å². The van der Waals surface area contributed by atoms with E-state index in [-0.39, 0.29) is 0 Å². The lowest BCUT2D eigenvalue weighted by Gasteiger charge is -2.20. The van der Waals surface area contributed by atoms with Gasteiger partial charge in [0, 0.05) is 0 Å². The highest BCUT2D eigenvalue weighted by Gasteiger charge is 2.10. The highest BCUT2D eigenvalue weighted by molar-refractivity contribution is 5.48. The number of likely N-dealkylation sites (tertiary alicyclic amines) is 1. The molecule has 20 heavy (non-hydrogen) atoms. The SMILES string of the molecule is C(#CC[NH+]1CCCCC1)COC/C=C/c1ccccc1. The molecule has 0 spiro atoms. The van der Waals surface area contributed by atoms with Crippen molar-refractivity contribution in [3.63, 3.8) is 0 Å². The van der Waals surface area contributed by atoms with Crippen LogP contribution in [-0.2, 0) is 4.74 Å². The smallest absolute Gasteiger partial charge is 0.139 e. The molecule has 1 saturated heterocycles. The van der Waals surface area contributed by atoms with E-state index in [0.717, 1.165) is 6.54 Å². The van der Waals surface area contributed by atoms with Crippen molar-refractivity contribution in [1.82, 2.24) is 0 Å². The Balaban J connectivity index is 1.54. The third kappa shape index (κ3) is 6.06. The second-order valence-electron chi connectivity index (χ2n) is 5.17. The Morgan fingerprint density at radius 1 is 1.05 bits per heavy atom. The Bertz CT molecular complexity index is 449. The Kier molecular flexibility index (Phi) is 6.95. The van der Waals surface area contributed by atoms with Gasteiger partial charge in [-0.05, 0) is 30.7 Å². The molecular weight excluding hydrogens is 246 g/mol. The maximum absolute atomic E-state index is 5.48. The molecule has 0 atom stereocenters. The number of benzene rings is 1. The molecule has 1 heterocycles. The molecule has 106 valence electrons. The molecule has 0 bridgehead atoms. The van der Waals surface area contributed by atoms with E-state index in [9.17, 15) is 0 Å². The van der Waals surface area contributed by atoms with Gasteiger partial charge in [0.1, 0.15) is 13.2 Å². The normalized spacial score (nSPS) is 16.0. The van der Waals surface area contributed by atoms with Gasteiger partial charge in [-0.3, -0.25) is 0 Å².